The first-order chi connectivity index (χ1) is 10.3. The topological polar surface area (TPSA) is 17.1 Å². The molecular formula is C20H23BrO. The summed E-state index contributed by atoms with van der Waals surface area (Å²) in [7, 11) is 0. The third-order valence-electron chi connectivity index (χ3n) is 6.51. The van der Waals surface area contributed by atoms with Crippen molar-refractivity contribution in [3.05, 3.63) is 46.0 Å². The van der Waals surface area contributed by atoms with Crippen molar-refractivity contribution in [2.45, 2.75) is 46.0 Å². The number of rotatable bonds is 1. The van der Waals surface area contributed by atoms with E-state index >= 15 is 0 Å². The zero-order valence-corrected chi connectivity index (χ0v) is 15.1. The van der Waals surface area contributed by atoms with Gasteiger partial charge in [0.25, 0.3) is 0 Å². The van der Waals surface area contributed by atoms with Gasteiger partial charge in [-0.2, -0.15) is 0 Å². The molecule has 2 fully saturated rings. The Balaban J connectivity index is 1.80. The van der Waals surface area contributed by atoms with E-state index in [0.717, 1.165) is 4.47 Å². The van der Waals surface area contributed by atoms with Crippen LogP contribution in [0.2, 0.25) is 0 Å². The molecule has 2 bridgehead atoms. The summed E-state index contributed by atoms with van der Waals surface area (Å²) in [4.78, 5) is 12.7. The van der Waals surface area contributed by atoms with Crippen LogP contribution < -0.4 is 0 Å². The van der Waals surface area contributed by atoms with Crippen molar-refractivity contribution in [2.24, 2.45) is 22.7 Å². The van der Waals surface area contributed by atoms with Crippen molar-refractivity contribution in [1.82, 2.24) is 0 Å². The van der Waals surface area contributed by atoms with Crippen molar-refractivity contribution in [3.8, 4) is 0 Å². The molecule has 0 aliphatic heterocycles. The molecule has 0 aromatic heterocycles. The lowest BCUT2D eigenvalue weighted by Crippen LogP contribution is -2.59. The van der Waals surface area contributed by atoms with Crippen LogP contribution >= 0.6 is 15.9 Å². The Morgan fingerprint density at radius 2 is 1.77 bits per heavy atom. The Bertz CT molecular complexity index is 669. The number of hydrogen-bond donors (Lipinski definition) is 0. The number of carbonyl (C=O) groups excluding carboxylic acids is 1. The van der Waals surface area contributed by atoms with Gasteiger partial charge in [0, 0.05) is 22.2 Å². The second-order valence-corrected chi connectivity index (χ2v) is 9.13. The largest absolute Gasteiger partial charge is 0.299 e. The van der Waals surface area contributed by atoms with Gasteiger partial charge in [0.05, 0.1) is 0 Å². The molecule has 0 saturated heterocycles. The summed E-state index contributed by atoms with van der Waals surface area (Å²) in [5.41, 5.74) is 3.23. The maximum atomic E-state index is 12.7. The Morgan fingerprint density at radius 1 is 1.09 bits per heavy atom. The highest BCUT2D eigenvalue weighted by molar-refractivity contribution is 9.10. The van der Waals surface area contributed by atoms with Crippen molar-refractivity contribution < 1.29 is 4.79 Å². The van der Waals surface area contributed by atoms with Crippen LogP contribution in [0.25, 0.3) is 0 Å². The van der Waals surface area contributed by atoms with Crippen LogP contribution in [0, 0.1) is 22.7 Å². The monoisotopic (exact) mass is 358 g/mol. The molecule has 0 N–H and O–H groups in total. The molecule has 5 rings (SSSR count). The van der Waals surface area contributed by atoms with E-state index in [1.165, 1.54) is 24.8 Å². The fourth-order valence-electron chi connectivity index (χ4n) is 5.49. The number of halogens is 1. The van der Waals surface area contributed by atoms with Gasteiger partial charge in [0.15, 0.2) is 0 Å². The molecule has 1 aromatic carbocycles. The fraction of sp³-hybridized carbons (Fsp3) is 0.550. The van der Waals surface area contributed by atoms with E-state index in [1.807, 2.05) is 0 Å². The molecule has 0 heterocycles. The third kappa shape index (κ3) is 1.79. The SMILES string of the molecule is CC1(C)CCC[C@@]2(C)C1=C[C@@H]1C(=O)[C@H]2[C@H]1c1ccc(Br)cc1. The van der Waals surface area contributed by atoms with Crippen molar-refractivity contribution in [2.75, 3.05) is 0 Å². The van der Waals surface area contributed by atoms with Crippen LogP contribution in [0.5, 0.6) is 0 Å². The van der Waals surface area contributed by atoms with E-state index in [2.05, 4.69) is 67.0 Å². The molecule has 2 saturated carbocycles. The first-order valence-electron chi connectivity index (χ1n) is 8.36. The lowest BCUT2D eigenvalue weighted by Gasteiger charge is -2.61. The number of allylic oxidation sites excluding steroid dienone is 2. The fourth-order valence-corrected chi connectivity index (χ4v) is 5.75. The van der Waals surface area contributed by atoms with E-state index in [1.54, 1.807) is 5.57 Å². The average Bonchev–Trinajstić information content (AvgIpc) is 2.45. The molecule has 4 aliphatic rings. The van der Waals surface area contributed by atoms with Gasteiger partial charge in [-0.3, -0.25) is 4.79 Å². The minimum atomic E-state index is 0.0747. The lowest BCUT2D eigenvalue weighted by atomic mass is 9.41. The summed E-state index contributed by atoms with van der Waals surface area (Å²) in [5.74, 6) is 1.19. The average molecular weight is 359 g/mol. The quantitative estimate of drug-likeness (QED) is 0.605. The number of Topliss-reactive ketones (excluding diaryl/α,β-unsaturated/α-hetero) is 1. The number of benzene rings is 1. The van der Waals surface area contributed by atoms with Crippen LogP contribution in [0.1, 0.15) is 51.5 Å². The summed E-state index contributed by atoms with van der Waals surface area (Å²) in [6.07, 6.45) is 6.01. The van der Waals surface area contributed by atoms with E-state index < -0.39 is 0 Å². The van der Waals surface area contributed by atoms with E-state index in [-0.39, 0.29) is 22.7 Å². The minimum Gasteiger partial charge on any atom is -0.299 e. The highest BCUT2D eigenvalue weighted by Gasteiger charge is 2.63. The predicted molar refractivity (Wildman–Crippen MR) is 92.7 cm³/mol. The molecule has 0 unspecified atom stereocenters. The van der Waals surface area contributed by atoms with Gasteiger partial charge < -0.3 is 0 Å². The Kier molecular flexibility index (Phi) is 3.05. The Hall–Kier alpha value is -0.890. The molecular weight excluding hydrogens is 336 g/mol. The molecule has 2 heteroatoms. The molecule has 0 spiro atoms. The number of ketones is 1. The summed E-state index contributed by atoms with van der Waals surface area (Å²) in [5, 5.41) is 0. The summed E-state index contributed by atoms with van der Waals surface area (Å²) < 4.78 is 1.10. The van der Waals surface area contributed by atoms with Gasteiger partial charge in [-0.25, -0.2) is 0 Å². The van der Waals surface area contributed by atoms with Gasteiger partial charge in [-0.15, -0.1) is 0 Å². The molecule has 1 aromatic rings. The van der Waals surface area contributed by atoms with Crippen LogP contribution in [0.3, 0.4) is 0 Å². The second kappa shape index (κ2) is 4.56. The first kappa shape index (κ1) is 14.7. The molecule has 22 heavy (non-hydrogen) atoms. The Morgan fingerprint density at radius 3 is 2.45 bits per heavy atom. The lowest BCUT2D eigenvalue weighted by molar-refractivity contribution is -0.145. The smallest absolute Gasteiger partial charge is 0.144 e. The maximum Gasteiger partial charge on any atom is 0.144 e. The zero-order chi connectivity index (χ0) is 15.7. The number of hydrogen-bond acceptors (Lipinski definition) is 1. The van der Waals surface area contributed by atoms with E-state index in [9.17, 15) is 4.79 Å². The summed E-state index contributed by atoms with van der Waals surface area (Å²) in [6.45, 7) is 7.07. The molecule has 4 aliphatic carbocycles. The van der Waals surface area contributed by atoms with Crippen LogP contribution in [0.15, 0.2) is 40.4 Å². The zero-order valence-electron chi connectivity index (χ0n) is 13.5. The van der Waals surface area contributed by atoms with E-state index in [4.69, 9.17) is 0 Å². The van der Waals surface area contributed by atoms with Gasteiger partial charge in [0.1, 0.15) is 5.78 Å². The molecule has 116 valence electrons. The van der Waals surface area contributed by atoms with Crippen molar-refractivity contribution >= 4 is 21.7 Å². The van der Waals surface area contributed by atoms with Gasteiger partial charge in [-0.1, -0.05) is 66.9 Å². The van der Waals surface area contributed by atoms with Crippen molar-refractivity contribution in [1.29, 1.82) is 0 Å². The minimum absolute atomic E-state index is 0.0747. The highest BCUT2D eigenvalue weighted by atomic mass is 79.9. The van der Waals surface area contributed by atoms with Crippen LogP contribution in [0.4, 0.5) is 0 Å². The number of carbonyl (C=O) groups is 1. The van der Waals surface area contributed by atoms with Crippen LogP contribution in [-0.2, 0) is 4.79 Å². The Labute approximate surface area is 141 Å². The van der Waals surface area contributed by atoms with Gasteiger partial charge in [0.2, 0.25) is 0 Å². The molecule has 4 atom stereocenters. The normalized spacial score (nSPS) is 38.8. The van der Waals surface area contributed by atoms with E-state index in [0.29, 0.717) is 11.7 Å². The third-order valence-corrected chi connectivity index (χ3v) is 7.04. The first-order valence-corrected chi connectivity index (χ1v) is 9.16. The molecule has 1 nitrogen and oxygen atoms in total. The van der Waals surface area contributed by atoms with Crippen LogP contribution in [-0.4, -0.2) is 5.78 Å². The predicted octanol–water partition coefficient (Wildman–Crippen LogP) is 5.50. The summed E-state index contributed by atoms with van der Waals surface area (Å²) >= 11 is 3.51. The highest BCUT2D eigenvalue weighted by Crippen LogP contribution is 2.67. The standard InChI is InChI=1S/C20H23BrO/c1-19(2)9-4-10-20(3)15(19)11-14-16(17(20)18(14)22)12-5-7-13(21)8-6-12/h5-8,11,14,16-17H,4,9-10H2,1-3H3/t14-,16-,17+,20-/m0/s1. The molecule has 0 radical (unpaired) electrons. The summed E-state index contributed by atoms with van der Waals surface area (Å²) in [6, 6.07) is 8.59. The second-order valence-electron chi connectivity index (χ2n) is 8.22. The molecule has 0 amide bonds. The van der Waals surface area contributed by atoms with Crippen molar-refractivity contribution in [3.63, 3.8) is 0 Å². The van der Waals surface area contributed by atoms with Gasteiger partial charge in [-0.05, 0) is 41.4 Å². The maximum absolute atomic E-state index is 12.7. The van der Waals surface area contributed by atoms with Gasteiger partial charge >= 0.3 is 0 Å².